The van der Waals surface area contributed by atoms with Gasteiger partial charge in [0, 0.05) is 34.9 Å². The molecule has 98 valence electrons. The molecule has 4 heteroatoms. The van der Waals surface area contributed by atoms with Crippen LogP contribution in [0.5, 0.6) is 0 Å². The second-order valence-corrected chi connectivity index (χ2v) is 4.79. The Morgan fingerprint density at radius 3 is 3.05 bits per heavy atom. The highest BCUT2D eigenvalue weighted by Crippen LogP contribution is 2.25. The molecule has 19 heavy (non-hydrogen) atoms. The summed E-state index contributed by atoms with van der Waals surface area (Å²) in [6.45, 7) is 3.75. The van der Waals surface area contributed by atoms with Gasteiger partial charge in [-0.3, -0.25) is 0 Å². The first-order valence-corrected chi connectivity index (χ1v) is 6.59. The first-order valence-electron chi connectivity index (χ1n) is 6.59. The maximum Gasteiger partial charge on any atom is 0.0955 e. The molecule has 0 aliphatic carbocycles. The van der Waals surface area contributed by atoms with Crippen LogP contribution in [-0.2, 0) is 6.54 Å². The Hall–Kier alpha value is -2.07. The number of aromatic nitrogens is 3. The van der Waals surface area contributed by atoms with Gasteiger partial charge in [0.2, 0.25) is 0 Å². The van der Waals surface area contributed by atoms with Crippen LogP contribution in [0.2, 0.25) is 0 Å². The van der Waals surface area contributed by atoms with E-state index in [2.05, 4.69) is 45.7 Å². The van der Waals surface area contributed by atoms with Gasteiger partial charge in [-0.05, 0) is 38.1 Å². The van der Waals surface area contributed by atoms with Crippen molar-refractivity contribution in [3.63, 3.8) is 0 Å². The fourth-order valence-electron chi connectivity index (χ4n) is 2.41. The highest BCUT2D eigenvalue weighted by Gasteiger charge is 2.09. The van der Waals surface area contributed by atoms with Crippen LogP contribution in [0.25, 0.3) is 22.2 Å². The largest absolute Gasteiger partial charge is 0.361 e. The minimum absolute atomic E-state index is 0.711. The number of hydrogen-bond acceptors (Lipinski definition) is 2. The van der Waals surface area contributed by atoms with Gasteiger partial charge in [-0.15, -0.1) is 0 Å². The summed E-state index contributed by atoms with van der Waals surface area (Å²) in [4.78, 5) is 7.75. The molecule has 0 aliphatic heterocycles. The number of hydrogen-bond donors (Lipinski definition) is 2. The van der Waals surface area contributed by atoms with Gasteiger partial charge in [-0.2, -0.15) is 0 Å². The fraction of sp³-hybridized carbons (Fsp3) is 0.267. The summed E-state index contributed by atoms with van der Waals surface area (Å²) >= 11 is 0. The van der Waals surface area contributed by atoms with E-state index in [1.807, 2.05) is 12.5 Å². The Labute approximate surface area is 112 Å². The quantitative estimate of drug-likeness (QED) is 0.752. The molecule has 0 atom stereocenters. The van der Waals surface area contributed by atoms with Crippen molar-refractivity contribution >= 4 is 10.9 Å². The zero-order chi connectivity index (χ0) is 13.2. The number of nitrogens with zero attached hydrogens (tertiary/aromatic N) is 2. The van der Waals surface area contributed by atoms with Crippen LogP contribution >= 0.6 is 0 Å². The van der Waals surface area contributed by atoms with Gasteiger partial charge in [0.05, 0.1) is 12.0 Å². The van der Waals surface area contributed by atoms with Crippen LogP contribution < -0.4 is 5.73 Å². The minimum Gasteiger partial charge on any atom is -0.361 e. The highest BCUT2D eigenvalue weighted by molar-refractivity contribution is 5.84. The Bertz CT molecular complexity index is 693. The second-order valence-electron chi connectivity index (χ2n) is 4.79. The van der Waals surface area contributed by atoms with Crippen LogP contribution in [0.4, 0.5) is 0 Å². The first kappa shape index (κ1) is 12.0. The smallest absolute Gasteiger partial charge is 0.0955 e. The molecular formula is C15H18N4. The highest BCUT2D eigenvalue weighted by atomic mass is 15.1. The van der Waals surface area contributed by atoms with Crippen molar-refractivity contribution in [2.45, 2.75) is 19.9 Å². The number of nitrogens with one attached hydrogen (secondary N) is 1. The number of aryl methyl sites for hydroxylation is 1. The predicted octanol–water partition coefficient (Wildman–Crippen LogP) is 2.69. The summed E-state index contributed by atoms with van der Waals surface area (Å²) in [6, 6.07) is 8.47. The summed E-state index contributed by atoms with van der Waals surface area (Å²) < 4.78 is 2.17. The maximum absolute atomic E-state index is 5.56. The summed E-state index contributed by atoms with van der Waals surface area (Å²) in [5.41, 5.74) is 10.1. The van der Waals surface area contributed by atoms with Gasteiger partial charge in [0.1, 0.15) is 0 Å². The van der Waals surface area contributed by atoms with Crippen molar-refractivity contribution in [3.05, 3.63) is 42.5 Å². The number of nitrogens with two attached hydrogens (primary N) is 1. The maximum atomic E-state index is 5.56. The number of H-pyrrole nitrogens is 1. The molecule has 0 unspecified atom stereocenters. The lowest BCUT2D eigenvalue weighted by Gasteiger charge is -2.05. The van der Waals surface area contributed by atoms with E-state index >= 15 is 0 Å². The lowest BCUT2D eigenvalue weighted by atomic mass is 10.1. The molecule has 0 radical (unpaired) electrons. The van der Waals surface area contributed by atoms with Gasteiger partial charge in [-0.25, -0.2) is 4.98 Å². The number of benzene rings is 1. The third-order valence-electron chi connectivity index (χ3n) is 3.53. The van der Waals surface area contributed by atoms with E-state index in [1.165, 1.54) is 11.1 Å². The van der Waals surface area contributed by atoms with E-state index in [4.69, 9.17) is 5.73 Å². The summed E-state index contributed by atoms with van der Waals surface area (Å²) in [6.07, 6.45) is 4.84. The summed E-state index contributed by atoms with van der Waals surface area (Å²) in [5, 5.41) is 1.22. The predicted molar refractivity (Wildman–Crippen MR) is 77.9 cm³/mol. The van der Waals surface area contributed by atoms with E-state index in [9.17, 15) is 0 Å². The van der Waals surface area contributed by atoms with Gasteiger partial charge in [-0.1, -0.05) is 6.07 Å². The normalized spacial score (nSPS) is 11.3. The molecule has 0 saturated carbocycles. The molecule has 0 spiro atoms. The van der Waals surface area contributed by atoms with E-state index in [0.29, 0.717) is 6.54 Å². The molecule has 1 aromatic carbocycles. The van der Waals surface area contributed by atoms with Crippen LogP contribution in [0.15, 0.2) is 36.8 Å². The number of imidazole rings is 1. The lowest BCUT2D eigenvalue weighted by Crippen LogP contribution is -2.06. The molecule has 3 aromatic rings. The summed E-state index contributed by atoms with van der Waals surface area (Å²) in [5.74, 6) is 0. The third-order valence-corrected chi connectivity index (χ3v) is 3.53. The molecule has 0 saturated heterocycles. The average molecular weight is 254 g/mol. The first-order chi connectivity index (χ1) is 9.29. The van der Waals surface area contributed by atoms with Crippen LogP contribution in [0, 0.1) is 6.92 Å². The van der Waals surface area contributed by atoms with Gasteiger partial charge >= 0.3 is 0 Å². The van der Waals surface area contributed by atoms with Crippen molar-refractivity contribution in [3.8, 4) is 11.3 Å². The van der Waals surface area contributed by atoms with Crippen molar-refractivity contribution in [2.24, 2.45) is 5.73 Å². The molecular weight excluding hydrogens is 236 g/mol. The Morgan fingerprint density at radius 2 is 2.21 bits per heavy atom. The number of rotatable bonds is 4. The van der Waals surface area contributed by atoms with E-state index < -0.39 is 0 Å². The molecule has 2 aromatic heterocycles. The fourth-order valence-corrected chi connectivity index (χ4v) is 2.41. The molecule has 0 bridgehead atoms. The molecule has 4 nitrogen and oxygen atoms in total. The lowest BCUT2D eigenvalue weighted by molar-refractivity contribution is 0.637. The molecule has 0 aliphatic rings. The zero-order valence-electron chi connectivity index (χ0n) is 11.1. The average Bonchev–Trinajstić information content (AvgIpc) is 3.02. The Balaban J connectivity index is 1.98. The van der Waals surface area contributed by atoms with Gasteiger partial charge < -0.3 is 15.3 Å². The Kier molecular flexibility index (Phi) is 3.09. The van der Waals surface area contributed by atoms with E-state index in [1.54, 1.807) is 0 Å². The number of aromatic amines is 1. The van der Waals surface area contributed by atoms with Crippen molar-refractivity contribution in [1.29, 1.82) is 0 Å². The van der Waals surface area contributed by atoms with E-state index in [-0.39, 0.29) is 0 Å². The third kappa shape index (κ3) is 2.15. The van der Waals surface area contributed by atoms with E-state index in [0.717, 1.165) is 29.7 Å². The molecule has 0 fully saturated rings. The standard InChI is InChI=1S/C15H18N4/c1-11-15(18-10-19(11)8-2-6-16)13-3-4-14-12(9-13)5-7-17-14/h3-5,7,9-10,17H,2,6,8,16H2,1H3. The number of fused-ring (bicyclic) bond motifs is 1. The van der Waals surface area contributed by atoms with Crippen LogP contribution in [-0.4, -0.2) is 21.1 Å². The van der Waals surface area contributed by atoms with Crippen molar-refractivity contribution in [1.82, 2.24) is 14.5 Å². The van der Waals surface area contributed by atoms with Gasteiger partial charge in [0.15, 0.2) is 0 Å². The SMILES string of the molecule is Cc1c(-c2ccc3[nH]ccc3c2)ncn1CCCN. The van der Waals surface area contributed by atoms with Crippen molar-refractivity contribution in [2.75, 3.05) is 6.54 Å². The topological polar surface area (TPSA) is 59.6 Å². The molecule has 3 N–H and O–H groups in total. The zero-order valence-corrected chi connectivity index (χ0v) is 11.1. The second kappa shape index (κ2) is 4.90. The van der Waals surface area contributed by atoms with Gasteiger partial charge in [0.25, 0.3) is 0 Å². The summed E-state index contributed by atoms with van der Waals surface area (Å²) in [7, 11) is 0. The molecule has 2 heterocycles. The monoisotopic (exact) mass is 254 g/mol. The minimum atomic E-state index is 0.711. The molecule has 0 amide bonds. The molecule has 3 rings (SSSR count). The van der Waals surface area contributed by atoms with Crippen LogP contribution in [0.3, 0.4) is 0 Å². The van der Waals surface area contributed by atoms with Crippen LogP contribution in [0.1, 0.15) is 12.1 Å². The van der Waals surface area contributed by atoms with Crippen molar-refractivity contribution < 1.29 is 0 Å². The Morgan fingerprint density at radius 1 is 1.32 bits per heavy atom.